The van der Waals surface area contributed by atoms with Crippen molar-refractivity contribution in [1.82, 2.24) is 10.2 Å². The first-order valence-electron chi connectivity index (χ1n) is 8.12. The first-order chi connectivity index (χ1) is 10.3. The Balaban J connectivity index is 1.69. The molecule has 2 heterocycles. The van der Waals surface area contributed by atoms with Crippen molar-refractivity contribution < 1.29 is 4.79 Å². The molecule has 0 aromatic heterocycles. The molecule has 2 aliphatic rings. The average Bonchev–Trinajstić information content (AvgIpc) is 2.56. The minimum Gasteiger partial charge on any atom is -0.372 e. The average molecular weight is 287 g/mol. The van der Waals surface area contributed by atoms with E-state index in [1.165, 1.54) is 24.9 Å². The summed E-state index contributed by atoms with van der Waals surface area (Å²) in [5.74, 6) is 0.161. The van der Waals surface area contributed by atoms with E-state index < -0.39 is 0 Å². The monoisotopic (exact) mass is 287 g/mol. The van der Waals surface area contributed by atoms with Gasteiger partial charge in [0.1, 0.15) is 0 Å². The fourth-order valence-electron chi connectivity index (χ4n) is 3.28. The van der Waals surface area contributed by atoms with Gasteiger partial charge < -0.3 is 15.1 Å². The standard InChI is InChI=1S/C17H25N3O/c1-14-13-18-9-12-20(14)17(21)15-5-7-16(8-6-15)19-10-3-2-4-11-19/h5-8,14,18H,2-4,9-13H2,1H3/t14-/m1/s1. The van der Waals surface area contributed by atoms with Crippen molar-refractivity contribution in [3.05, 3.63) is 29.8 Å². The van der Waals surface area contributed by atoms with Crippen molar-refractivity contribution in [3.63, 3.8) is 0 Å². The number of carbonyl (C=O) groups is 1. The van der Waals surface area contributed by atoms with E-state index in [2.05, 4.69) is 29.3 Å². The van der Waals surface area contributed by atoms with E-state index >= 15 is 0 Å². The summed E-state index contributed by atoms with van der Waals surface area (Å²) in [6.07, 6.45) is 3.89. The molecule has 2 aliphatic heterocycles. The van der Waals surface area contributed by atoms with Crippen LogP contribution in [0, 0.1) is 0 Å². The highest BCUT2D eigenvalue weighted by Gasteiger charge is 2.24. The third-order valence-electron chi connectivity index (χ3n) is 4.60. The number of nitrogens with zero attached hydrogens (tertiary/aromatic N) is 2. The Kier molecular flexibility index (Phi) is 4.44. The van der Waals surface area contributed by atoms with Crippen LogP contribution in [0.5, 0.6) is 0 Å². The Morgan fingerprint density at radius 3 is 2.48 bits per heavy atom. The number of amides is 1. The summed E-state index contributed by atoms with van der Waals surface area (Å²) in [5.41, 5.74) is 2.06. The maximum Gasteiger partial charge on any atom is 0.254 e. The third kappa shape index (κ3) is 3.21. The highest BCUT2D eigenvalue weighted by Crippen LogP contribution is 2.21. The molecule has 0 saturated carbocycles. The molecule has 1 amide bonds. The summed E-state index contributed by atoms with van der Waals surface area (Å²) in [4.78, 5) is 17.0. The molecule has 21 heavy (non-hydrogen) atoms. The molecular weight excluding hydrogens is 262 g/mol. The van der Waals surface area contributed by atoms with Crippen LogP contribution in [0.3, 0.4) is 0 Å². The molecule has 0 bridgehead atoms. The second-order valence-electron chi connectivity index (χ2n) is 6.15. The van der Waals surface area contributed by atoms with E-state index in [0.29, 0.717) is 0 Å². The van der Waals surface area contributed by atoms with Crippen LogP contribution in [-0.4, -0.2) is 49.6 Å². The zero-order valence-corrected chi connectivity index (χ0v) is 12.8. The van der Waals surface area contributed by atoms with Crippen LogP contribution < -0.4 is 10.2 Å². The number of carbonyl (C=O) groups excluding carboxylic acids is 1. The Bertz CT molecular complexity index is 479. The number of rotatable bonds is 2. The molecule has 1 atom stereocenters. The second-order valence-corrected chi connectivity index (χ2v) is 6.15. The normalized spacial score (nSPS) is 23.2. The predicted molar refractivity (Wildman–Crippen MR) is 85.9 cm³/mol. The van der Waals surface area contributed by atoms with Gasteiger partial charge in [0.05, 0.1) is 0 Å². The van der Waals surface area contributed by atoms with E-state index in [1.54, 1.807) is 0 Å². The van der Waals surface area contributed by atoms with Crippen molar-refractivity contribution in [2.24, 2.45) is 0 Å². The SMILES string of the molecule is C[C@@H]1CNCCN1C(=O)c1ccc(N2CCCCC2)cc1. The quantitative estimate of drug-likeness (QED) is 0.905. The van der Waals surface area contributed by atoms with Gasteiger partial charge in [-0.05, 0) is 50.5 Å². The summed E-state index contributed by atoms with van der Waals surface area (Å²) in [6, 6.07) is 8.45. The number of hydrogen-bond donors (Lipinski definition) is 1. The smallest absolute Gasteiger partial charge is 0.254 e. The predicted octanol–water partition coefficient (Wildman–Crippen LogP) is 2.11. The van der Waals surface area contributed by atoms with Gasteiger partial charge in [-0.15, -0.1) is 0 Å². The first kappa shape index (κ1) is 14.4. The molecule has 2 saturated heterocycles. The van der Waals surface area contributed by atoms with Crippen molar-refractivity contribution in [1.29, 1.82) is 0 Å². The fourth-order valence-corrected chi connectivity index (χ4v) is 3.28. The maximum absolute atomic E-state index is 12.6. The molecule has 0 spiro atoms. The van der Waals surface area contributed by atoms with Gasteiger partial charge in [0.2, 0.25) is 0 Å². The van der Waals surface area contributed by atoms with Gasteiger partial charge in [0.15, 0.2) is 0 Å². The molecule has 0 radical (unpaired) electrons. The molecular formula is C17H25N3O. The lowest BCUT2D eigenvalue weighted by Crippen LogP contribution is -2.52. The van der Waals surface area contributed by atoms with Gasteiger partial charge in [-0.25, -0.2) is 0 Å². The Labute approximate surface area is 127 Å². The van der Waals surface area contributed by atoms with E-state index in [4.69, 9.17) is 0 Å². The number of anilines is 1. The summed E-state index contributed by atoms with van der Waals surface area (Å²) in [5, 5.41) is 3.32. The fraction of sp³-hybridized carbons (Fsp3) is 0.588. The van der Waals surface area contributed by atoms with Crippen LogP contribution in [0.15, 0.2) is 24.3 Å². The Morgan fingerprint density at radius 2 is 1.81 bits per heavy atom. The zero-order valence-electron chi connectivity index (χ0n) is 12.8. The largest absolute Gasteiger partial charge is 0.372 e. The van der Waals surface area contributed by atoms with Gasteiger partial charge in [0.25, 0.3) is 5.91 Å². The number of hydrogen-bond acceptors (Lipinski definition) is 3. The lowest BCUT2D eigenvalue weighted by Gasteiger charge is -2.34. The minimum atomic E-state index is 0.161. The topological polar surface area (TPSA) is 35.6 Å². The molecule has 4 heteroatoms. The lowest BCUT2D eigenvalue weighted by atomic mass is 10.1. The number of benzene rings is 1. The maximum atomic E-state index is 12.6. The summed E-state index contributed by atoms with van der Waals surface area (Å²) in [6.45, 7) is 6.96. The van der Waals surface area contributed by atoms with Gasteiger partial charge in [-0.2, -0.15) is 0 Å². The van der Waals surface area contributed by atoms with Crippen molar-refractivity contribution >= 4 is 11.6 Å². The molecule has 0 unspecified atom stereocenters. The second kappa shape index (κ2) is 6.48. The Morgan fingerprint density at radius 1 is 1.10 bits per heavy atom. The van der Waals surface area contributed by atoms with Crippen LogP contribution in [0.4, 0.5) is 5.69 Å². The van der Waals surface area contributed by atoms with Crippen LogP contribution in [-0.2, 0) is 0 Å². The Hall–Kier alpha value is -1.55. The van der Waals surface area contributed by atoms with Crippen LogP contribution in [0.1, 0.15) is 36.5 Å². The van der Waals surface area contributed by atoms with Crippen molar-refractivity contribution in [2.45, 2.75) is 32.2 Å². The van der Waals surface area contributed by atoms with E-state index in [9.17, 15) is 4.79 Å². The molecule has 1 aromatic rings. The molecule has 1 N–H and O–H groups in total. The lowest BCUT2D eigenvalue weighted by molar-refractivity contribution is 0.0656. The molecule has 114 valence electrons. The molecule has 3 rings (SSSR count). The van der Waals surface area contributed by atoms with Gasteiger partial charge >= 0.3 is 0 Å². The van der Waals surface area contributed by atoms with Crippen LogP contribution in [0.25, 0.3) is 0 Å². The number of piperidine rings is 1. The van der Waals surface area contributed by atoms with E-state index in [-0.39, 0.29) is 11.9 Å². The van der Waals surface area contributed by atoms with E-state index in [0.717, 1.165) is 38.3 Å². The summed E-state index contributed by atoms with van der Waals surface area (Å²) in [7, 11) is 0. The van der Waals surface area contributed by atoms with Crippen LogP contribution >= 0.6 is 0 Å². The number of nitrogens with one attached hydrogen (secondary N) is 1. The third-order valence-corrected chi connectivity index (χ3v) is 4.60. The highest BCUT2D eigenvalue weighted by molar-refractivity contribution is 5.94. The number of piperazine rings is 1. The first-order valence-corrected chi connectivity index (χ1v) is 8.12. The highest BCUT2D eigenvalue weighted by atomic mass is 16.2. The van der Waals surface area contributed by atoms with Gasteiger partial charge in [0, 0.05) is 50.0 Å². The molecule has 0 aliphatic carbocycles. The van der Waals surface area contributed by atoms with Gasteiger partial charge in [-0.1, -0.05) is 0 Å². The molecule has 2 fully saturated rings. The summed E-state index contributed by atoms with van der Waals surface area (Å²) < 4.78 is 0. The molecule has 4 nitrogen and oxygen atoms in total. The van der Waals surface area contributed by atoms with Crippen molar-refractivity contribution in [3.8, 4) is 0 Å². The molecule has 1 aromatic carbocycles. The van der Waals surface area contributed by atoms with Crippen molar-refractivity contribution in [2.75, 3.05) is 37.6 Å². The van der Waals surface area contributed by atoms with Gasteiger partial charge in [-0.3, -0.25) is 4.79 Å². The zero-order chi connectivity index (χ0) is 14.7. The van der Waals surface area contributed by atoms with E-state index in [1.807, 2.05) is 17.0 Å². The minimum absolute atomic E-state index is 0.161. The summed E-state index contributed by atoms with van der Waals surface area (Å²) >= 11 is 0. The van der Waals surface area contributed by atoms with Crippen LogP contribution in [0.2, 0.25) is 0 Å².